The fraction of sp³-hybridized carbons (Fsp3) is 0.467. The van der Waals surface area contributed by atoms with Crippen LogP contribution in [0.4, 0.5) is 5.69 Å². The van der Waals surface area contributed by atoms with E-state index in [-0.39, 0.29) is 5.92 Å². The smallest absolute Gasteiger partial charge is 0.226 e. The highest BCUT2D eigenvalue weighted by molar-refractivity contribution is 5.39. The highest BCUT2D eigenvalue weighted by Gasteiger charge is 2.21. The predicted molar refractivity (Wildman–Crippen MR) is 75.4 cm³/mol. The molecule has 3 rings (SSSR count). The zero-order valence-electron chi connectivity index (χ0n) is 11.4. The first-order valence-corrected chi connectivity index (χ1v) is 7.06. The van der Waals surface area contributed by atoms with Crippen LogP contribution in [0.5, 0.6) is 0 Å². The lowest BCUT2D eigenvalue weighted by atomic mass is 10.0. The molecule has 0 amide bonds. The lowest BCUT2D eigenvalue weighted by molar-refractivity contribution is 0.0773. The Bertz CT molecular complexity index is 545. The Kier molecular flexibility index (Phi) is 3.97. The van der Waals surface area contributed by atoms with E-state index in [1.54, 1.807) is 0 Å². The van der Waals surface area contributed by atoms with Gasteiger partial charge in [-0.05, 0) is 37.0 Å². The minimum Gasteiger partial charge on any atom is -0.399 e. The van der Waals surface area contributed by atoms with Gasteiger partial charge in [0.25, 0.3) is 0 Å². The van der Waals surface area contributed by atoms with E-state index < -0.39 is 0 Å². The summed E-state index contributed by atoms with van der Waals surface area (Å²) >= 11 is 0. The molecular formula is C15H19N3O2. The molecule has 1 fully saturated rings. The van der Waals surface area contributed by atoms with Gasteiger partial charge in [-0.2, -0.15) is 4.98 Å². The maximum atomic E-state index is 5.67. The summed E-state index contributed by atoms with van der Waals surface area (Å²) in [5, 5.41) is 4.08. The molecule has 5 nitrogen and oxygen atoms in total. The monoisotopic (exact) mass is 273 g/mol. The zero-order chi connectivity index (χ0) is 13.8. The second-order valence-corrected chi connectivity index (χ2v) is 5.20. The average molecular weight is 273 g/mol. The summed E-state index contributed by atoms with van der Waals surface area (Å²) in [6.45, 7) is 1.55. The third kappa shape index (κ3) is 3.17. The molecule has 1 aromatic heterocycles. The maximum absolute atomic E-state index is 5.67. The predicted octanol–water partition coefficient (Wildman–Crippen LogP) is 2.33. The molecule has 106 valence electrons. The van der Waals surface area contributed by atoms with Crippen molar-refractivity contribution in [1.82, 2.24) is 10.1 Å². The molecule has 0 bridgehead atoms. The van der Waals surface area contributed by atoms with Crippen molar-refractivity contribution in [2.45, 2.75) is 31.6 Å². The Morgan fingerprint density at radius 1 is 1.20 bits per heavy atom. The van der Waals surface area contributed by atoms with Gasteiger partial charge in [-0.25, -0.2) is 0 Å². The third-order valence-corrected chi connectivity index (χ3v) is 3.62. The third-order valence-electron chi connectivity index (χ3n) is 3.62. The van der Waals surface area contributed by atoms with Gasteiger partial charge in [-0.15, -0.1) is 0 Å². The Balaban J connectivity index is 1.58. The van der Waals surface area contributed by atoms with Crippen molar-refractivity contribution in [3.63, 3.8) is 0 Å². The van der Waals surface area contributed by atoms with Crippen molar-refractivity contribution in [3.8, 4) is 0 Å². The van der Waals surface area contributed by atoms with Gasteiger partial charge in [0.1, 0.15) is 0 Å². The van der Waals surface area contributed by atoms with Gasteiger partial charge >= 0.3 is 0 Å². The molecule has 1 aromatic carbocycles. The van der Waals surface area contributed by atoms with Crippen molar-refractivity contribution in [2.75, 3.05) is 18.9 Å². The number of hydrogen-bond acceptors (Lipinski definition) is 5. The first-order valence-electron chi connectivity index (χ1n) is 7.06. The van der Waals surface area contributed by atoms with Gasteiger partial charge < -0.3 is 15.0 Å². The standard InChI is InChI=1S/C15H19N3O2/c16-13-6-3-11(4-7-13)5-8-14-17-15(18-20-14)12-2-1-9-19-10-12/h3-4,6-7,12H,1-2,5,8-10,16H2. The van der Waals surface area contributed by atoms with Crippen molar-refractivity contribution in [3.05, 3.63) is 41.5 Å². The Labute approximate surface area is 118 Å². The number of benzene rings is 1. The molecule has 0 spiro atoms. The van der Waals surface area contributed by atoms with Gasteiger partial charge in [0.05, 0.1) is 6.61 Å². The SMILES string of the molecule is Nc1ccc(CCc2nc(C3CCCOC3)no2)cc1. The van der Waals surface area contributed by atoms with Crippen molar-refractivity contribution in [1.29, 1.82) is 0 Å². The van der Waals surface area contributed by atoms with E-state index in [1.807, 2.05) is 24.3 Å². The second-order valence-electron chi connectivity index (χ2n) is 5.20. The number of rotatable bonds is 4. The Morgan fingerprint density at radius 3 is 2.80 bits per heavy atom. The topological polar surface area (TPSA) is 74.2 Å². The number of hydrogen-bond donors (Lipinski definition) is 1. The van der Waals surface area contributed by atoms with Gasteiger partial charge in [0.2, 0.25) is 5.89 Å². The number of aromatic nitrogens is 2. The van der Waals surface area contributed by atoms with Crippen molar-refractivity contribution >= 4 is 5.69 Å². The molecule has 0 aliphatic carbocycles. The van der Waals surface area contributed by atoms with E-state index in [0.29, 0.717) is 12.5 Å². The Hall–Kier alpha value is -1.88. The van der Waals surface area contributed by atoms with E-state index in [4.69, 9.17) is 15.0 Å². The fourth-order valence-electron chi connectivity index (χ4n) is 2.42. The summed E-state index contributed by atoms with van der Waals surface area (Å²) in [6.07, 6.45) is 3.78. The van der Waals surface area contributed by atoms with Crippen LogP contribution < -0.4 is 5.73 Å². The number of nitrogens with two attached hydrogens (primary N) is 1. The molecule has 1 aliphatic rings. The fourth-order valence-corrected chi connectivity index (χ4v) is 2.42. The van der Waals surface area contributed by atoms with Crippen molar-refractivity contribution in [2.24, 2.45) is 0 Å². The van der Waals surface area contributed by atoms with Crippen LogP contribution in [0, 0.1) is 0 Å². The van der Waals surface area contributed by atoms with E-state index >= 15 is 0 Å². The number of aryl methyl sites for hydroxylation is 2. The second kappa shape index (κ2) is 6.05. The summed E-state index contributed by atoms with van der Waals surface area (Å²) in [5.41, 5.74) is 7.67. The quantitative estimate of drug-likeness (QED) is 0.865. The summed E-state index contributed by atoms with van der Waals surface area (Å²) in [4.78, 5) is 4.48. The van der Waals surface area contributed by atoms with Crippen LogP contribution in [0.2, 0.25) is 0 Å². The number of anilines is 1. The van der Waals surface area contributed by atoms with Crippen LogP contribution in [0.25, 0.3) is 0 Å². The molecule has 2 aromatic rings. The van der Waals surface area contributed by atoms with E-state index in [2.05, 4.69) is 10.1 Å². The van der Waals surface area contributed by atoms with Crippen LogP contribution in [0.15, 0.2) is 28.8 Å². The molecule has 1 aliphatic heterocycles. The largest absolute Gasteiger partial charge is 0.399 e. The van der Waals surface area contributed by atoms with E-state index in [0.717, 1.165) is 43.8 Å². The van der Waals surface area contributed by atoms with Gasteiger partial charge in [-0.1, -0.05) is 17.3 Å². The molecule has 5 heteroatoms. The van der Waals surface area contributed by atoms with Crippen LogP contribution >= 0.6 is 0 Å². The van der Waals surface area contributed by atoms with Crippen LogP contribution in [0.3, 0.4) is 0 Å². The first kappa shape index (κ1) is 13.1. The molecule has 0 saturated carbocycles. The molecular weight excluding hydrogens is 254 g/mol. The van der Waals surface area contributed by atoms with Crippen LogP contribution in [0.1, 0.15) is 36.0 Å². The molecule has 1 atom stereocenters. The summed E-state index contributed by atoms with van der Waals surface area (Å²) in [5.74, 6) is 1.78. The molecule has 2 N–H and O–H groups in total. The molecule has 0 radical (unpaired) electrons. The summed E-state index contributed by atoms with van der Waals surface area (Å²) in [7, 11) is 0. The van der Waals surface area contributed by atoms with Gasteiger partial charge in [0.15, 0.2) is 5.82 Å². The highest BCUT2D eigenvalue weighted by Crippen LogP contribution is 2.23. The minimum absolute atomic E-state index is 0.290. The first-order chi connectivity index (χ1) is 9.81. The lowest BCUT2D eigenvalue weighted by Crippen LogP contribution is -2.16. The average Bonchev–Trinajstić information content (AvgIpc) is 2.97. The number of nitrogen functional groups attached to an aromatic ring is 1. The normalized spacial score (nSPS) is 19.1. The molecule has 1 saturated heterocycles. The Morgan fingerprint density at radius 2 is 2.05 bits per heavy atom. The van der Waals surface area contributed by atoms with Crippen molar-refractivity contribution < 1.29 is 9.26 Å². The highest BCUT2D eigenvalue weighted by atomic mass is 16.5. The lowest BCUT2D eigenvalue weighted by Gasteiger charge is -2.18. The number of ether oxygens (including phenoxy) is 1. The van der Waals surface area contributed by atoms with E-state index in [1.165, 1.54) is 5.56 Å². The van der Waals surface area contributed by atoms with Crippen LogP contribution in [-0.4, -0.2) is 23.4 Å². The van der Waals surface area contributed by atoms with Gasteiger partial charge in [-0.3, -0.25) is 0 Å². The zero-order valence-corrected chi connectivity index (χ0v) is 11.4. The summed E-state index contributed by atoms with van der Waals surface area (Å²) in [6, 6.07) is 7.88. The minimum atomic E-state index is 0.290. The van der Waals surface area contributed by atoms with E-state index in [9.17, 15) is 0 Å². The number of nitrogens with zero attached hydrogens (tertiary/aromatic N) is 2. The molecule has 1 unspecified atom stereocenters. The maximum Gasteiger partial charge on any atom is 0.226 e. The van der Waals surface area contributed by atoms with Gasteiger partial charge in [0, 0.05) is 24.6 Å². The molecule has 2 heterocycles. The van der Waals surface area contributed by atoms with Crippen LogP contribution in [-0.2, 0) is 17.6 Å². The summed E-state index contributed by atoms with van der Waals surface area (Å²) < 4.78 is 10.8. The molecule has 20 heavy (non-hydrogen) atoms.